The van der Waals surface area contributed by atoms with Crippen LogP contribution in [0.3, 0.4) is 0 Å². The average molecular weight is 350 g/mol. The summed E-state index contributed by atoms with van der Waals surface area (Å²) in [5.41, 5.74) is 0.114. The normalized spacial score (nSPS) is 12.6. The van der Waals surface area contributed by atoms with Crippen LogP contribution in [0.5, 0.6) is 0 Å². The van der Waals surface area contributed by atoms with Crippen LogP contribution in [-0.4, -0.2) is 30.0 Å². The van der Waals surface area contributed by atoms with E-state index in [-0.39, 0.29) is 17.2 Å². The molecule has 1 aromatic carbocycles. The van der Waals surface area contributed by atoms with Gasteiger partial charge in [0.25, 0.3) is 17.4 Å². The number of carbonyl (C=O) groups is 1. The van der Waals surface area contributed by atoms with E-state index < -0.39 is 23.4 Å². The summed E-state index contributed by atoms with van der Waals surface area (Å²) in [7, 11) is 3.38. The van der Waals surface area contributed by atoms with E-state index in [0.29, 0.717) is 5.56 Å². The molecule has 1 atom stereocenters. The molecule has 25 heavy (non-hydrogen) atoms. The van der Waals surface area contributed by atoms with Gasteiger partial charge in [-0.15, -0.1) is 0 Å². The van der Waals surface area contributed by atoms with Crippen LogP contribution in [0.2, 0.25) is 0 Å². The van der Waals surface area contributed by atoms with Crippen molar-refractivity contribution in [1.82, 2.24) is 15.3 Å². The molecule has 134 valence electrons. The predicted molar refractivity (Wildman–Crippen MR) is 91.1 cm³/mol. The number of aromatic nitrogens is 2. The second kappa shape index (κ2) is 7.00. The van der Waals surface area contributed by atoms with Crippen molar-refractivity contribution in [1.29, 1.82) is 0 Å². The van der Waals surface area contributed by atoms with E-state index in [2.05, 4.69) is 15.3 Å². The van der Waals surface area contributed by atoms with E-state index >= 15 is 0 Å². The summed E-state index contributed by atoms with van der Waals surface area (Å²) >= 11 is 0. The van der Waals surface area contributed by atoms with Crippen LogP contribution in [0.15, 0.2) is 35.1 Å². The Balaban J connectivity index is 2.16. The van der Waals surface area contributed by atoms with Gasteiger partial charge in [0, 0.05) is 32.6 Å². The molecule has 2 rings (SSSR count). The molecular weight excluding hydrogens is 330 g/mol. The van der Waals surface area contributed by atoms with Gasteiger partial charge in [0.15, 0.2) is 0 Å². The maximum atomic E-state index is 13.2. The number of anilines is 1. The van der Waals surface area contributed by atoms with Gasteiger partial charge < -0.3 is 10.2 Å². The molecule has 1 aromatic heterocycles. The lowest BCUT2D eigenvalue weighted by Gasteiger charge is -2.17. The standard InChI is InChI=1S/C17H20F2N4O2/c1-10(11-5-7-12(8-6-11)17(2,18)19)20-15(25)13-9-14(24)22-16(21-13)23(3)4/h5-10H,1-4H3,(H,20,25)(H,21,22,24)/t10-/m1/s1. The Hall–Kier alpha value is -2.77. The van der Waals surface area contributed by atoms with E-state index in [1.54, 1.807) is 25.9 Å². The zero-order valence-corrected chi connectivity index (χ0v) is 14.4. The smallest absolute Gasteiger partial charge is 0.270 e. The fourth-order valence-electron chi connectivity index (χ4n) is 2.19. The lowest BCUT2D eigenvalue weighted by molar-refractivity contribution is 0.0174. The Morgan fingerprint density at radius 3 is 2.40 bits per heavy atom. The van der Waals surface area contributed by atoms with Crippen LogP contribution in [0.25, 0.3) is 0 Å². The van der Waals surface area contributed by atoms with Crippen LogP contribution >= 0.6 is 0 Å². The first-order valence-corrected chi connectivity index (χ1v) is 7.65. The number of hydrogen-bond acceptors (Lipinski definition) is 4. The van der Waals surface area contributed by atoms with Crippen LogP contribution in [0.4, 0.5) is 14.7 Å². The highest BCUT2D eigenvalue weighted by atomic mass is 19.3. The van der Waals surface area contributed by atoms with Gasteiger partial charge >= 0.3 is 0 Å². The number of nitrogens with one attached hydrogen (secondary N) is 2. The van der Waals surface area contributed by atoms with Gasteiger partial charge in [-0.25, -0.2) is 13.8 Å². The number of rotatable bonds is 5. The summed E-state index contributed by atoms with van der Waals surface area (Å²) in [5, 5.41) is 2.70. The van der Waals surface area contributed by atoms with Crippen molar-refractivity contribution in [2.24, 2.45) is 0 Å². The minimum atomic E-state index is -2.91. The van der Waals surface area contributed by atoms with Gasteiger partial charge in [0.05, 0.1) is 6.04 Å². The van der Waals surface area contributed by atoms with Gasteiger partial charge in [0.2, 0.25) is 5.95 Å². The highest BCUT2D eigenvalue weighted by Gasteiger charge is 2.24. The van der Waals surface area contributed by atoms with E-state index in [4.69, 9.17) is 0 Å². The number of carbonyl (C=O) groups excluding carboxylic acids is 1. The van der Waals surface area contributed by atoms with Gasteiger partial charge in [-0.3, -0.25) is 14.6 Å². The molecule has 1 heterocycles. The van der Waals surface area contributed by atoms with Crippen molar-refractivity contribution in [3.05, 3.63) is 57.5 Å². The first-order chi connectivity index (χ1) is 11.6. The minimum Gasteiger partial charge on any atom is -0.348 e. The molecule has 0 saturated carbocycles. The first kappa shape index (κ1) is 18.6. The maximum Gasteiger partial charge on any atom is 0.270 e. The third kappa shape index (κ3) is 4.62. The molecule has 0 saturated heterocycles. The molecular formula is C17H20F2N4O2. The number of amides is 1. The number of benzene rings is 1. The SMILES string of the molecule is C[C@@H](NC(=O)c1cc(=O)[nH]c(N(C)C)n1)c1ccc(C(C)(F)F)cc1. The highest BCUT2D eigenvalue weighted by Crippen LogP contribution is 2.27. The lowest BCUT2D eigenvalue weighted by Crippen LogP contribution is -2.30. The molecule has 2 N–H and O–H groups in total. The zero-order chi connectivity index (χ0) is 18.8. The molecule has 0 radical (unpaired) electrons. The molecule has 0 bridgehead atoms. The van der Waals surface area contributed by atoms with Crippen molar-refractivity contribution >= 4 is 11.9 Å². The molecule has 1 amide bonds. The number of alkyl halides is 2. The number of halogens is 2. The summed E-state index contributed by atoms with van der Waals surface area (Å²) in [4.78, 5) is 32.1. The van der Waals surface area contributed by atoms with Gasteiger partial charge in [0.1, 0.15) is 5.69 Å². The van der Waals surface area contributed by atoms with Gasteiger partial charge in [-0.1, -0.05) is 24.3 Å². The first-order valence-electron chi connectivity index (χ1n) is 7.65. The van der Waals surface area contributed by atoms with Crippen molar-refractivity contribution in [2.45, 2.75) is 25.8 Å². The predicted octanol–water partition coefficient (Wildman–Crippen LogP) is 2.44. The Morgan fingerprint density at radius 2 is 1.88 bits per heavy atom. The second-order valence-electron chi connectivity index (χ2n) is 6.05. The zero-order valence-electron chi connectivity index (χ0n) is 14.4. The molecule has 2 aromatic rings. The monoisotopic (exact) mass is 350 g/mol. The molecule has 6 nitrogen and oxygen atoms in total. The summed E-state index contributed by atoms with van der Waals surface area (Å²) in [6.07, 6.45) is 0. The quantitative estimate of drug-likeness (QED) is 0.868. The Bertz CT molecular complexity index is 811. The van der Waals surface area contributed by atoms with E-state index in [1.807, 2.05) is 0 Å². The van der Waals surface area contributed by atoms with E-state index in [9.17, 15) is 18.4 Å². The maximum absolute atomic E-state index is 13.2. The summed E-state index contributed by atoms with van der Waals surface area (Å²) in [5.74, 6) is -3.17. The second-order valence-corrected chi connectivity index (χ2v) is 6.05. The highest BCUT2D eigenvalue weighted by molar-refractivity contribution is 5.92. The largest absolute Gasteiger partial charge is 0.348 e. The summed E-state index contributed by atoms with van der Waals surface area (Å²) < 4.78 is 26.5. The minimum absolute atomic E-state index is 0.0176. The lowest BCUT2D eigenvalue weighted by atomic mass is 10.0. The average Bonchev–Trinajstić information content (AvgIpc) is 2.53. The van der Waals surface area contributed by atoms with Crippen LogP contribution in [0, 0.1) is 0 Å². The van der Waals surface area contributed by atoms with E-state index in [1.165, 1.54) is 24.3 Å². The van der Waals surface area contributed by atoms with E-state index in [0.717, 1.165) is 13.0 Å². The van der Waals surface area contributed by atoms with Crippen LogP contribution in [-0.2, 0) is 5.92 Å². The third-order valence-corrected chi connectivity index (χ3v) is 3.65. The van der Waals surface area contributed by atoms with Gasteiger partial charge in [-0.2, -0.15) is 0 Å². The van der Waals surface area contributed by atoms with Crippen molar-refractivity contribution in [2.75, 3.05) is 19.0 Å². The molecule has 0 spiro atoms. The number of aromatic amines is 1. The van der Waals surface area contributed by atoms with Crippen LogP contribution < -0.4 is 15.8 Å². The molecule has 0 fully saturated rings. The molecule has 8 heteroatoms. The Labute approximate surface area is 143 Å². The Kier molecular flexibility index (Phi) is 5.20. The van der Waals surface area contributed by atoms with Crippen molar-refractivity contribution < 1.29 is 13.6 Å². The fourth-order valence-corrected chi connectivity index (χ4v) is 2.19. The van der Waals surface area contributed by atoms with Crippen molar-refractivity contribution in [3.63, 3.8) is 0 Å². The molecule has 0 unspecified atom stereocenters. The topological polar surface area (TPSA) is 78.1 Å². The van der Waals surface area contributed by atoms with Gasteiger partial charge in [-0.05, 0) is 12.5 Å². The molecule has 0 aliphatic rings. The summed E-state index contributed by atoms with van der Waals surface area (Å²) in [6, 6.07) is 6.40. The Morgan fingerprint density at radius 1 is 1.28 bits per heavy atom. The third-order valence-electron chi connectivity index (χ3n) is 3.65. The van der Waals surface area contributed by atoms with Crippen molar-refractivity contribution in [3.8, 4) is 0 Å². The molecule has 0 aliphatic carbocycles. The number of H-pyrrole nitrogens is 1. The summed E-state index contributed by atoms with van der Waals surface area (Å²) in [6.45, 7) is 2.55. The number of nitrogens with zero attached hydrogens (tertiary/aromatic N) is 2. The molecule has 0 aliphatic heterocycles. The van der Waals surface area contributed by atoms with Crippen LogP contribution in [0.1, 0.15) is 41.5 Å². The fraction of sp³-hybridized carbons (Fsp3) is 0.353. The number of hydrogen-bond donors (Lipinski definition) is 2.